The molecule has 0 spiro atoms. The third-order valence-corrected chi connectivity index (χ3v) is 1.31. The Balaban J connectivity index is 2.45. The van der Waals surface area contributed by atoms with Gasteiger partial charge in [0.05, 0.1) is 0 Å². The number of allylic oxidation sites excluding steroid dienone is 2. The molecule has 1 rings (SSSR count). The summed E-state index contributed by atoms with van der Waals surface area (Å²) < 4.78 is 0. The van der Waals surface area contributed by atoms with Crippen molar-refractivity contribution in [2.75, 3.05) is 0 Å². The van der Waals surface area contributed by atoms with Crippen LogP contribution >= 0.6 is 0 Å². The summed E-state index contributed by atoms with van der Waals surface area (Å²) in [6.07, 6.45) is 3.43. The van der Waals surface area contributed by atoms with Crippen LogP contribution < -0.4 is 5.32 Å². The van der Waals surface area contributed by atoms with Crippen molar-refractivity contribution < 1.29 is 0 Å². The first-order chi connectivity index (χ1) is 3.79. The molecule has 0 amide bonds. The normalized spacial score (nSPS) is 20.5. The smallest absolute Gasteiger partial charge is 0.00756 e. The van der Waals surface area contributed by atoms with E-state index in [0.29, 0.717) is 0 Å². The van der Waals surface area contributed by atoms with Gasteiger partial charge in [-0.2, -0.15) is 0 Å². The Bertz CT molecular complexity index is 110. The van der Waals surface area contributed by atoms with Crippen LogP contribution in [0.15, 0.2) is 24.6 Å². The zero-order valence-electron chi connectivity index (χ0n) is 5.04. The predicted octanol–water partition coefficient (Wildman–Crippen LogP) is 1.79. The molecule has 8 heavy (non-hydrogen) atoms. The minimum atomic E-state index is 1.11. The van der Waals surface area contributed by atoms with E-state index in [1.54, 1.807) is 0 Å². The van der Waals surface area contributed by atoms with Gasteiger partial charge in [-0.15, -0.1) is 0 Å². The van der Waals surface area contributed by atoms with E-state index < -0.39 is 0 Å². The molecular weight excluding hydrogens is 98.1 g/mol. The van der Waals surface area contributed by atoms with Crippen LogP contribution in [0.4, 0.5) is 0 Å². The molecule has 0 radical (unpaired) electrons. The second-order valence-corrected chi connectivity index (χ2v) is 2.19. The van der Waals surface area contributed by atoms with E-state index in [2.05, 4.69) is 18.5 Å². The Kier molecular flexibility index (Phi) is 1.38. The third-order valence-electron chi connectivity index (χ3n) is 1.31. The number of rotatable bonds is 0. The average Bonchev–Trinajstić information content (AvgIpc) is 1.64. The number of nitrogens with one attached hydrogen (secondary N) is 1. The first kappa shape index (κ1) is 5.42. The Morgan fingerprint density at radius 3 is 1.88 bits per heavy atom. The first-order valence-electron chi connectivity index (χ1n) is 2.91. The molecule has 0 bridgehead atoms. The van der Waals surface area contributed by atoms with E-state index in [4.69, 9.17) is 0 Å². The van der Waals surface area contributed by atoms with Gasteiger partial charge in [0.15, 0.2) is 0 Å². The van der Waals surface area contributed by atoms with Crippen LogP contribution in [-0.4, -0.2) is 0 Å². The number of hydrogen-bond donors (Lipinski definition) is 1. The Labute approximate surface area is 50.1 Å². The van der Waals surface area contributed by atoms with Gasteiger partial charge in [-0.05, 0) is 19.3 Å². The molecule has 0 atom stereocenters. The molecule has 1 heteroatoms. The fourth-order valence-corrected chi connectivity index (χ4v) is 0.890. The molecule has 0 saturated carbocycles. The first-order valence-corrected chi connectivity index (χ1v) is 2.91. The standard InChI is InChI=1S/C7H11N/c1-6-4-3-5-7(2)8-6/h8H,1-5H2. The Hall–Kier alpha value is -0.720. The van der Waals surface area contributed by atoms with E-state index in [0.717, 1.165) is 24.2 Å². The summed E-state index contributed by atoms with van der Waals surface area (Å²) in [5.41, 5.74) is 2.22. The highest BCUT2D eigenvalue weighted by Gasteiger charge is 2.03. The lowest BCUT2D eigenvalue weighted by molar-refractivity contribution is 0.669. The molecule has 0 unspecified atom stereocenters. The molecule has 1 nitrogen and oxygen atoms in total. The number of piperidine rings is 1. The summed E-state index contributed by atoms with van der Waals surface area (Å²) in [6, 6.07) is 0. The van der Waals surface area contributed by atoms with Crippen LogP contribution in [0.25, 0.3) is 0 Å². The molecule has 1 aliphatic heterocycles. The van der Waals surface area contributed by atoms with Crippen molar-refractivity contribution in [3.8, 4) is 0 Å². The van der Waals surface area contributed by atoms with Gasteiger partial charge < -0.3 is 5.32 Å². The summed E-state index contributed by atoms with van der Waals surface area (Å²) in [6.45, 7) is 7.59. The molecule has 0 aromatic carbocycles. The van der Waals surface area contributed by atoms with Gasteiger partial charge in [0.25, 0.3) is 0 Å². The number of hydrogen-bond acceptors (Lipinski definition) is 1. The van der Waals surface area contributed by atoms with Crippen molar-refractivity contribution in [2.45, 2.75) is 19.3 Å². The van der Waals surface area contributed by atoms with Gasteiger partial charge in [0.2, 0.25) is 0 Å². The van der Waals surface area contributed by atoms with E-state index in [1.165, 1.54) is 6.42 Å². The highest BCUT2D eigenvalue weighted by atomic mass is 14.9. The highest BCUT2D eigenvalue weighted by molar-refractivity contribution is 5.08. The maximum absolute atomic E-state index is 3.79. The molecule has 0 aromatic heterocycles. The van der Waals surface area contributed by atoms with Crippen molar-refractivity contribution >= 4 is 0 Å². The summed E-state index contributed by atoms with van der Waals surface area (Å²) in [4.78, 5) is 0. The van der Waals surface area contributed by atoms with Crippen LogP contribution in [0, 0.1) is 0 Å². The molecule has 1 heterocycles. The van der Waals surface area contributed by atoms with Gasteiger partial charge >= 0.3 is 0 Å². The highest BCUT2D eigenvalue weighted by Crippen LogP contribution is 2.14. The Morgan fingerprint density at radius 2 is 1.62 bits per heavy atom. The van der Waals surface area contributed by atoms with Gasteiger partial charge in [-0.3, -0.25) is 0 Å². The fraction of sp³-hybridized carbons (Fsp3) is 0.429. The largest absolute Gasteiger partial charge is 0.363 e. The zero-order valence-corrected chi connectivity index (χ0v) is 5.04. The van der Waals surface area contributed by atoms with E-state index in [9.17, 15) is 0 Å². The predicted molar refractivity (Wildman–Crippen MR) is 35.3 cm³/mol. The summed E-state index contributed by atoms with van der Waals surface area (Å²) in [7, 11) is 0. The maximum Gasteiger partial charge on any atom is 0.00756 e. The van der Waals surface area contributed by atoms with Crippen LogP contribution in [0.3, 0.4) is 0 Å². The average molecular weight is 109 g/mol. The SMILES string of the molecule is C=C1CCCC(=C)N1. The summed E-state index contributed by atoms with van der Waals surface area (Å²) >= 11 is 0. The van der Waals surface area contributed by atoms with E-state index in [-0.39, 0.29) is 0 Å². The van der Waals surface area contributed by atoms with Crippen LogP contribution in [0.2, 0.25) is 0 Å². The van der Waals surface area contributed by atoms with E-state index in [1.807, 2.05) is 0 Å². The molecule has 1 fully saturated rings. The lowest BCUT2D eigenvalue weighted by Crippen LogP contribution is -2.15. The second kappa shape index (κ2) is 2.03. The maximum atomic E-state index is 3.79. The zero-order chi connectivity index (χ0) is 5.98. The van der Waals surface area contributed by atoms with Crippen molar-refractivity contribution in [2.24, 2.45) is 0 Å². The molecule has 44 valence electrons. The molecule has 0 aromatic rings. The van der Waals surface area contributed by atoms with Crippen molar-refractivity contribution in [1.82, 2.24) is 5.32 Å². The minimum Gasteiger partial charge on any atom is -0.363 e. The molecule has 1 aliphatic rings. The van der Waals surface area contributed by atoms with Crippen molar-refractivity contribution in [3.63, 3.8) is 0 Å². The summed E-state index contributed by atoms with van der Waals surface area (Å²) in [5, 5.41) is 3.09. The minimum absolute atomic E-state index is 1.11. The lowest BCUT2D eigenvalue weighted by atomic mass is 10.1. The molecular formula is C7H11N. The van der Waals surface area contributed by atoms with Crippen LogP contribution in [0.5, 0.6) is 0 Å². The van der Waals surface area contributed by atoms with E-state index >= 15 is 0 Å². The van der Waals surface area contributed by atoms with Gasteiger partial charge in [-0.25, -0.2) is 0 Å². The third kappa shape index (κ3) is 1.12. The molecule has 1 saturated heterocycles. The second-order valence-electron chi connectivity index (χ2n) is 2.19. The lowest BCUT2D eigenvalue weighted by Gasteiger charge is -2.17. The van der Waals surface area contributed by atoms with Crippen LogP contribution in [-0.2, 0) is 0 Å². The topological polar surface area (TPSA) is 12.0 Å². The quantitative estimate of drug-likeness (QED) is 0.500. The van der Waals surface area contributed by atoms with Gasteiger partial charge in [0, 0.05) is 11.4 Å². The van der Waals surface area contributed by atoms with Gasteiger partial charge in [-0.1, -0.05) is 13.2 Å². The molecule has 0 aliphatic carbocycles. The van der Waals surface area contributed by atoms with Crippen molar-refractivity contribution in [3.05, 3.63) is 24.6 Å². The Morgan fingerprint density at radius 1 is 1.12 bits per heavy atom. The monoisotopic (exact) mass is 109 g/mol. The van der Waals surface area contributed by atoms with Crippen LogP contribution in [0.1, 0.15) is 19.3 Å². The summed E-state index contributed by atoms with van der Waals surface area (Å²) in [5.74, 6) is 0. The fourth-order valence-electron chi connectivity index (χ4n) is 0.890. The van der Waals surface area contributed by atoms with Crippen molar-refractivity contribution in [1.29, 1.82) is 0 Å². The molecule has 1 N–H and O–H groups in total. The van der Waals surface area contributed by atoms with Gasteiger partial charge in [0.1, 0.15) is 0 Å².